The normalized spacial score (nSPS) is 13.0. The van der Waals surface area contributed by atoms with E-state index in [1.165, 1.54) is 9.13 Å². The molecule has 1 N–H and O–H groups in total. The fourth-order valence-electron chi connectivity index (χ4n) is 1.38. The second-order valence-corrected chi connectivity index (χ2v) is 6.78. The van der Waals surface area contributed by atoms with Gasteiger partial charge in [-0.15, -0.1) is 0 Å². The highest BCUT2D eigenvalue weighted by molar-refractivity contribution is 14.1. The summed E-state index contributed by atoms with van der Waals surface area (Å²) in [5.74, 6) is 0. The first kappa shape index (κ1) is 13.0. The highest BCUT2D eigenvalue weighted by atomic mass is 127. The molecule has 1 rings (SSSR count). The standard InChI is InChI=1S/C13H19IO/c1-12(2,3)9-6-10(13(4,5)15)8-11(14)7-9/h6-8,15H,1-5H3. The minimum absolute atomic E-state index is 0.126. The Morgan fingerprint density at radius 2 is 1.40 bits per heavy atom. The highest BCUT2D eigenvalue weighted by Gasteiger charge is 2.21. The Labute approximate surface area is 106 Å². The SMILES string of the molecule is CC(C)(C)c1cc(I)cc(C(C)(C)O)c1. The van der Waals surface area contributed by atoms with Gasteiger partial charge in [0, 0.05) is 3.57 Å². The van der Waals surface area contributed by atoms with Crippen LogP contribution in [0.25, 0.3) is 0 Å². The molecule has 0 fully saturated rings. The lowest BCUT2D eigenvalue weighted by Crippen LogP contribution is -2.18. The molecule has 0 heterocycles. The first-order chi connectivity index (χ1) is 6.60. The summed E-state index contributed by atoms with van der Waals surface area (Å²) in [7, 11) is 0. The number of benzene rings is 1. The number of rotatable bonds is 1. The minimum atomic E-state index is -0.763. The van der Waals surface area contributed by atoms with Crippen LogP contribution >= 0.6 is 22.6 Å². The van der Waals surface area contributed by atoms with E-state index in [0.29, 0.717) is 0 Å². The molecule has 0 radical (unpaired) electrons. The zero-order chi connectivity index (χ0) is 11.9. The van der Waals surface area contributed by atoms with Crippen LogP contribution in [0.5, 0.6) is 0 Å². The van der Waals surface area contributed by atoms with Crippen molar-refractivity contribution >= 4 is 22.6 Å². The van der Waals surface area contributed by atoms with E-state index in [0.717, 1.165) is 5.56 Å². The molecule has 2 heteroatoms. The monoisotopic (exact) mass is 318 g/mol. The fraction of sp³-hybridized carbons (Fsp3) is 0.538. The van der Waals surface area contributed by atoms with Crippen LogP contribution in [-0.4, -0.2) is 5.11 Å². The lowest BCUT2D eigenvalue weighted by Gasteiger charge is -2.24. The fourth-order valence-corrected chi connectivity index (χ4v) is 2.05. The van der Waals surface area contributed by atoms with E-state index in [1.807, 2.05) is 19.9 Å². The summed E-state index contributed by atoms with van der Waals surface area (Å²) in [6.07, 6.45) is 0. The molecule has 0 aliphatic rings. The smallest absolute Gasteiger partial charge is 0.0841 e. The van der Waals surface area contributed by atoms with Crippen LogP contribution in [0, 0.1) is 3.57 Å². The van der Waals surface area contributed by atoms with Crippen molar-refractivity contribution in [2.24, 2.45) is 0 Å². The zero-order valence-corrected chi connectivity index (χ0v) is 12.2. The molecule has 0 spiro atoms. The van der Waals surface area contributed by atoms with Gasteiger partial charge < -0.3 is 5.11 Å². The molecule has 84 valence electrons. The van der Waals surface area contributed by atoms with E-state index in [1.54, 1.807) is 0 Å². The van der Waals surface area contributed by atoms with Crippen LogP contribution in [0.4, 0.5) is 0 Å². The summed E-state index contributed by atoms with van der Waals surface area (Å²) in [4.78, 5) is 0. The van der Waals surface area contributed by atoms with E-state index in [-0.39, 0.29) is 5.41 Å². The van der Waals surface area contributed by atoms with Gasteiger partial charge in [-0.2, -0.15) is 0 Å². The number of hydrogen-bond acceptors (Lipinski definition) is 1. The van der Waals surface area contributed by atoms with Crippen LogP contribution in [0.2, 0.25) is 0 Å². The largest absolute Gasteiger partial charge is 0.386 e. The zero-order valence-electron chi connectivity index (χ0n) is 10.1. The average Bonchev–Trinajstić information content (AvgIpc) is 1.99. The topological polar surface area (TPSA) is 20.2 Å². The summed E-state index contributed by atoms with van der Waals surface area (Å²) in [5, 5.41) is 10.0. The second-order valence-electron chi connectivity index (χ2n) is 5.54. The third kappa shape index (κ3) is 3.45. The second kappa shape index (κ2) is 4.06. The Kier molecular flexibility index (Phi) is 3.51. The van der Waals surface area contributed by atoms with Crippen molar-refractivity contribution in [3.8, 4) is 0 Å². The molecular formula is C13H19IO. The molecule has 0 saturated heterocycles. The van der Waals surface area contributed by atoms with Crippen LogP contribution in [0.3, 0.4) is 0 Å². The summed E-state index contributed by atoms with van der Waals surface area (Å²) < 4.78 is 1.18. The maximum Gasteiger partial charge on any atom is 0.0841 e. The number of hydrogen-bond donors (Lipinski definition) is 1. The van der Waals surface area contributed by atoms with Crippen molar-refractivity contribution in [2.45, 2.75) is 45.6 Å². The van der Waals surface area contributed by atoms with E-state index in [2.05, 4.69) is 55.5 Å². The summed E-state index contributed by atoms with van der Waals surface area (Å²) in [6, 6.07) is 6.31. The molecule has 15 heavy (non-hydrogen) atoms. The van der Waals surface area contributed by atoms with E-state index in [9.17, 15) is 5.11 Å². The van der Waals surface area contributed by atoms with Gasteiger partial charge in [0.15, 0.2) is 0 Å². The third-order valence-corrected chi connectivity index (χ3v) is 3.09. The number of aliphatic hydroxyl groups is 1. The van der Waals surface area contributed by atoms with Gasteiger partial charge in [-0.1, -0.05) is 26.8 Å². The highest BCUT2D eigenvalue weighted by Crippen LogP contribution is 2.29. The predicted molar refractivity (Wildman–Crippen MR) is 73.1 cm³/mol. The lowest BCUT2D eigenvalue weighted by molar-refractivity contribution is 0.0784. The van der Waals surface area contributed by atoms with Crippen molar-refractivity contribution in [2.75, 3.05) is 0 Å². The van der Waals surface area contributed by atoms with Crippen LogP contribution in [-0.2, 0) is 11.0 Å². The molecule has 1 aromatic rings. The Morgan fingerprint density at radius 3 is 1.80 bits per heavy atom. The molecule has 0 saturated carbocycles. The van der Waals surface area contributed by atoms with Crippen LogP contribution in [0.1, 0.15) is 45.7 Å². The quantitative estimate of drug-likeness (QED) is 0.781. The molecule has 0 aromatic heterocycles. The van der Waals surface area contributed by atoms with Crippen molar-refractivity contribution in [3.63, 3.8) is 0 Å². The molecule has 0 unspecified atom stereocenters. The van der Waals surface area contributed by atoms with Gasteiger partial charge in [-0.25, -0.2) is 0 Å². The average molecular weight is 318 g/mol. The maximum atomic E-state index is 10.0. The van der Waals surface area contributed by atoms with Gasteiger partial charge in [0.1, 0.15) is 0 Å². The first-order valence-corrected chi connectivity index (χ1v) is 6.22. The number of halogens is 1. The van der Waals surface area contributed by atoms with Crippen molar-refractivity contribution < 1.29 is 5.11 Å². The lowest BCUT2D eigenvalue weighted by atomic mass is 9.84. The van der Waals surface area contributed by atoms with Crippen molar-refractivity contribution in [1.82, 2.24) is 0 Å². The van der Waals surface area contributed by atoms with Gasteiger partial charge in [-0.05, 0) is 65.1 Å². The summed E-state index contributed by atoms with van der Waals surface area (Å²) in [5.41, 5.74) is 1.62. The van der Waals surface area contributed by atoms with Gasteiger partial charge in [0.05, 0.1) is 5.60 Å². The molecule has 0 amide bonds. The first-order valence-electron chi connectivity index (χ1n) is 5.14. The Balaban J connectivity index is 3.30. The minimum Gasteiger partial charge on any atom is -0.386 e. The molecular weight excluding hydrogens is 299 g/mol. The molecule has 1 nitrogen and oxygen atoms in total. The predicted octanol–water partition coefficient (Wildman–Crippen LogP) is 3.82. The van der Waals surface area contributed by atoms with Gasteiger partial charge in [0.2, 0.25) is 0 Å². The van der Waals surface area contributed by atoms with E-state index < -0.39 is 5.60 Å². The molecule has 0 aliphatic heterocycles. The summed E-state index contributed by atoms with van der Waals surface area (Å²) in [6.45, 7) is 10.2. The Bertz CT molecular complexity index is 324. The van der Waals surface area contributed by atoms with Crippen LogP contribution in [0.15, 0.2) is 18.2 Å². The van der Waals surface area contributed by atoms with E-state index in [4.69, 9.17) is 0 Å². The van der Waals surface area contributed by atoms with Crippen LogP contribution < -0.4 is 0 Å². The van der Waals surface area contributed by atoms with E-state index >= 15 is 0 Å². The molecule has 1 aromatic carbocycles. The molecule has 0 aliphatic carbocycles. The molecule has 0 atom stereocenters. The van der Waals surface area contributed by atoms with Crippen molar-refractivity contribution in [3.05, 3.63) is 32.9 Å². The van der Waals surface area contributed by atoms with Gasteiger partial charge in [-0.3, -0.25) is 0 Å². The molecule has 0 bridgehead atoms. The Hall–Kier alpha value is -0.0900. The Morgan fingerprint density at radius 1 is 0.933 bits per heavy atom. The van der Waals surface area contributed by atoms with Gasteiger partial charge in [0.25, 0.3) is 0 Å². The van der Waals surface area contributed by atoms with Gasteiger partial charge >= 0.3 is 0 Å². The maximum absolute atomic E-state index is 10.0. The summed E-state index contributed by atoms with van der Waals surface area (Å²) >= 11 is 2.30. The third-order valence-electron chi connectivity index (χ3n) is 2.47. The van der Waals surface area contributed by atoms with Crippen molar-refractivity contribution in [1.29, 1.82) is 0 Å².